The van der Waals surface area contributed by atoms with Gasteiger partial charge in [-0.05, 0) is 43.9 Å². The maximum Gasteiger partial charge on any atom is 0.191 e. The summed E-state index contributed by atoms with van der Waals surface area (Å²) in [5.41, 5.74) is 1.69. The van der Waals surface area contributed by atoms with Crippen molar-refractivity contribution < 1.29 is 4.74 Å². The summed E-state index contributed by atoms with van der Waals surface area (Å²) in [5.74, 6) is 1.29. The van der Waals surface area contributed by atoms with Gasteiger partial charge in [0.25, 0.3) is 0 Å². The van der Waals surface area contributed by atoms with E-state index in [1.807, 2.05) is 32.0 Å². The predicted octanol–water partition coefficient (Wildman–Crippen LogP) is 3.06. The van der Waals surface area contributed by atoms with Crippen LogP contribution in [0.25, 0.3) is 0 Å². The maximum atomic E-state index is 8.96. The van der Waals surface area contributed by atoms with Crippen molar-refractivity contribution in [2.24, 2.45) is 10.9 Å². The first-order valence-corrected chi connectivity index (χ1v) is 8.73. The van der Waals surface area contributed by atoms with Crippen molar-refractivity contribution in [3.05, 3.63) is 35.4 Å². The van der Waals surface area contributed by atoms with Gasteiger partial charge in [0.05, 0.1) is 24.3 Å². The molecule has 5 nitrogen and oxygen atoms in total. The molecule has 0 amide bonds. The second-order valence-corrected chi connectivity index (χ2v) is 5.96. The van der Waals surface area contributed by atoms with Gasteiger partial charge in [-0.2, -0.15) is 5.26 Å². The molecule has 0 bridgehead atoms. The monoisotopic (exact) mass is 330 g/mol. The van der Waals surface area contributed by atoms with Crippen LogP contribution in [-0.2, 0) is 11.3 Å². The summed E-state index contributed by atoms with van der Waals surface area (Å²) in [6, 6.07) is 9.70. The molecule has 2 N–H and O–H groups in total. The highest BCUT2D eigenvalue weighted by Gasteiger charge is 2.12. The minimum atomic E-state index is 0.262. The first-order valence-electron chi connectivity index (χ1n) is 8.73. The highest BCUT2D eigenvalue weighted by Crippen LogP contribution is 2.10. The molecule has 1 aromatic rings. The topological polar surface area (TPSA) is 69.4 Å². The summed E-state index contributed by atoms with van der Waals surface area (Å²) in [4.78, 5) is 4.59. The van der Waals surface area contributed by atoms with E-state index in [2.05, 4.69) is 35.5 Å². The Balaban J connectivity index is 2.57. The SMILES string of the molecule is CCNC(=NCc1cccc(C#N)c1)NCCC(OCC)C(C)C. The summed E-state index contributed by atoms with van der Waals surface area (Å²) in [5, 5.41) is 15.6. The molecule has 24 heavy (non-hydrogen) atoms. The van der Waals surface area contributed by atoms with Crippen molar-refractivity contribution in [2.45, 2.75) is 46.8 Å². The van der Waals surface area contributed by atoms with Gasteiger partial charge in [0.15, 0.2) is 5.96 Å². The fraction of sp³-hybridized carbons (Fsp3) is 0.579. The van der Waals surface area contributed by atoms with Gasteiger partial charge in [0.1, 0.15) is 0 Å². The zero-order valence-corrected chi connectivity index (χ0v) is 15.3. The third-order valence-electron chi connectivity index (χ3n) is 3.67. The van der Waals surface area contributed by atoms with Crippen LogP contribution in [0.2, 0.25) is 0 Å². The van der Waals surface area contributed by atoms with Gasteiger partial charge in [0.2, 0.25) is 0 Å². The van der Waals surface area contributed by atoms with Gasteiger partial charge >= 0.3 is 0 Å². The molecule has 0 spiro atoms. The van der Waals surface area contributed by atoms with E-state index < -0.39 is 0 Å². The third-order valence-corrected chi connectivity index (χ3v) is 3.67. The molecule has 0 aliphatic heterocycles. The summed E-state index contributed by atoms with van der Waals surface area (Å²) in [7, 11) is 0. The molecule has 1 rings (SSSR count). The Morgan fingerprint density at radius 2 is 2.08 bits per heavy atom. The van der Waals surface area contributed by atoms with E-state index in [9.17, 15) is 0 Å². The fourth-order valence-electron chi connectivity index (χ4n) is 2.41. The van der Waals surface area contributed by atoms with Crippen molar-refractivity contribution in [1.82, 2.24) is 10.6 Å². The lowest BCUT2D eigenvalue weighted by Crippen LogP contribution is -2.39. The molecular formula is C19H30N4O. The van der Waals surface area contributed by atoms with Gasteiger partial charge in [-0.3, -0.25) is 0 Å². The van der Waals surface area contributed by atoms with Gasteiger partial charge in [0, 0.05) is 19.7 Å². The number of guanidine groups is 1. The first kappa shape index (κ1) is 20.0. The number of ether oxygens (including phenoxy) is 1. The third kappa shape index (κ3) is 7.47. The quantitative estimate of drug-likeness (QED) is 0.539. The second kappa shape index (κ2) is 11.5. The second-order valence-electron chi connectivity index (χ2n) is 5.96. The molecular weight excluding hydrogens is 300 g/mol. The predicted molar refractivity (Wildman–Crippen MR) is 98.8 cm³/mol. The number of aliphatic imine (C=N–C) groups is 1. The van der Waals surface area contributed by atoms with E-state index in [-0.39, 0.29) is 6.10 Å². The van der Waals surface area contributed by atoms with E-state index in [4.69, 9.17) is 10.00 Å². The highest BCUT2D eigenvalue weighted by atomic mass is 16.5. The summed E-state index contributed by atoms with van der Waals surface area (Å²) >= 11 is 0. The molecule has 0 saturated carbocycles. The van der Waals surface area contributed by atoms with Crippen molar-refractivity contribution in [3.8, 4) is 6.07 Å². The van der Waals surface area contributed by atoms with Gasteiger partial charge in [-0.25, -0.2) is 4.99 Å². The van der Waals surface area contributed by atoms with Gasteiger partial charge in [-0.1, -0.05) is 26.0 Å². The number of nitrogens with zero attached hydrogens (tertiary/aromatic N) is 2. The van der Waals surface area contributed by atoms with Crippen LogP contribution in [0.15, 0.2) is 29.3 Å². The number of benzene rings is 1. The van der Waals surface area contributed by atoms with Crippen LogP contribution in [0.5, 0.6) is 0 Å². The van der Waals surface area contributed by atoms with Crippen LogP contribution in [0.1, 0.15) is 45.2 Å². The van der Waals surface area contributed by atoms with E-state index in [0.717, 1.165) is 37.6 Å². The number of nitrogens with one attached hydrogen (secondary N) is 2. The average Bonchev–Trinajstić information content (AvgIpc) is 2.58. The van der Waals surface area contributed by atoms with Crippen molar-refractivity contribution in [2.75, 3.05) is 19.7 Å². The molecule has 132 valence electrons. The summed E-state index contributed by atoms with van der Waals surface area (Å²) in [6.45, 7) is 11.4. The molecule has 0 aliphatic carbocycles. The van der Waals surface area contributed by atoms with Crippen molar-refractivity contribution >= 4 is 5.96 Å². The lowest BCUT2D eigenvalue weighted by atomic mass is 10.0. The van der Waals surface area contributed by atoms with Gasteiger partial charge in [-0.15, -0.1) is 0 Å². The van der Waals surface area contributed by atoms with Crippen LogP contribution in [0.3, 0.4) is 0 Å². The molecule has 0 fully saturated rings. The fourth-order valence-corrected chi connectivity index (χ4v) is 2.41. The Hall–Kier alpha value is -2.06. The van der Waals surface area contributed by atoms with Crippen molar-refractivity contribution in [1.29, 1.82) is 5.26 Å². The maximum absolute atomic E-state index is 8.96. The van der Waals surface area contributed by atoms with E-state index in [0.29, 0.717) is 18.0 Å². The van der Waals surface area contributed by atoms with Crippen molar-refractivity contribution in [3.63, 3.8) is 0 Å². The largest absolute Gasteiger partial charge is 0.378 e. The molecule has 0 aliphatic rings. The lowest BCUT2D eigenvalue weighted by Gasteiger charge is -2.21. The number of nitriles is 1. The van der Waals surface area contributed by atoms with Gasteiger partial charge < -0.3 is 15.4 Å². The van der Waals surface area contributed by atoms with Crippen LogP contribution >= 0.6 is 0 Å². The Bertz CT molecular complexity index is 549. The zero-order valence-electron chi connectivity index (χ0n) is 15.3. The molecule has 1 unspecified atom stereocenters. The highest BCUT2D eigenvalue weighted by molar-refractivity contribution is 5.79. The number of rotatable bonds is 9. The van der Waals surface area contributed by atoms with E-state index >= 15 is 0 Å². The molecule has 0 saturated heterocycles. The zero-order chi connectivity index (χ0) is 17.8. The van der Waals surface area contributed by atoms with Crippen LogP contribution < -0.4 is 10.6 Å². The van der Waals surface area contributed by atoms with E-state index in [1.54, 1.807) is 6.07 Å². The smallest absolute Gasteiger partial charge is 0.191 e. The molecule has 0 heterocycles. The normalized spacial score (nSPS) is 12.8. The minimum absolute atomic E-state index is 0.262. The minimum Gasteiger partial charge on any atom is -0.378 e. The van der Waals surface area contributed by atoms with E-state index in [1.165, 1.54) is 0 Å². The molecule has 0 radical (unpaired) electrons. The molecule has 0 aromatic heterocycles. The number of hydrogen-bond donors (Lipinski definition) is 2. The Morgan fingerprint density at radius 3 is 2.71 bits per heavy atom. The Labute approximate surface area is 146 Å². The average molecular weight is 330 g/mol. The van der Waals surface area contributed by atoms with Crippen LogP contribution in [0.4, 0.5) is 0 Å². The van der Waals surface area contributed by atoms with Crippen LogP contribution in [0, 0.1) is 17.2 Å². The summed E-state index contributed by atoms with van der Waals surface area (Å²) < 4.78 is 5.77. The molecule has 1 atom stereocenters. The van der Waals surface area contributed by atoms with Crippen LogP contribution in [-0.4, -0.2) is 31.8 Å². The number of hydrogen-bond acceptors (Lipinski definition) is 3. The lowest BCUT2D eigenvalue weighted by molar-refractivity contribution is 0.0258. The Morgan fingerprint density at radius 1 is 1.29 bits per heavy atom. The molecule has 5 heteroatoms. The summed E-state index contributed by atoms with van der Waals surface area (Å²) in [6.07, 6.45) is 1.21. The molecule has 1 aromatic carbocycles. The standard InChI is InChI=1S/C19H30N4O/c1-5-21-19(22-11-10-18(15(3)4)24-6-2)23-14-17-9-7-8-16(12-17)13-20/h7-9,12,15,18H,5-6,10-11,14H2,1-4H3,(H2,21,22,23). The Kier molecular flexibility index (Phi) is 9.55. The first-order chi connectivity index (χ1) is 11.6.